The Bertz CT molecular complexity index is 1210. The number of aromatic amines is 1. The number of carbonyl (C=O) groups is 2. The maximum absolute atomic E-state index is 12.7. The van der Waals surface area contributed by atoms with Gasteiger partial charge in [-0.15, -0.1) is 10.2 Å². The fraction of sp³-hybridized carbons (Fsp3) is 0.227. The maximum atomic E-state index is 12.7. The van der Waals surface area contributed by atoms with Gasteiger partial charge in [-0.25, -0.2) is 0 Å². The van der Waals surface area contributed by atoms with E-state index in [0.29, 0.717) is 28.4 Å². The number of hydrogen-bond acceptors (Lipinski definition) is 6. The van der Waals surface area contributed by atoms with Gasteiger partial charge in [0.05, 0.1) is 10.9 Å². The van der Waals surface area contributed by atoms with E-state index >= 15 is 0 Å². The molecule has 0 aliphatic heterocycles. The molecular weight excluding hydrogens is 450 g/mol. The number of aryl methyl sites for hydroxylation is 1. The Balaban J connectivity index is 1.76. The quantitative estimate of drug-likeness (QED) is 0.443. The summed E-state index contributed by atoms with van der Waals surface area (Å²) in [6.45, 7) is 5.30. The first-order chi connectivity index (χ1) is 15.3. The number of carbonyl (C=O) groups excluding carboxylic acids is 2. The Hall–Kier alpha value is -3.17. The Kier molecular flexibility index (Phi) is 7.66. The van der Waals surface area contributed by atoms with Gasteiger partial charge in [0.25, 0.3) is 5.56 Å². The molecule has 0 saturated carbocycles. The molecule has 2 aromatic carbocycles. The van der Waals surface area contributed by atoms with Crippen LogP contribution in [0.2, 0.25) is 5.02 Å². The minimum Gasteiger partial charge on any atom is -0.325 e. The van der Waals surface area contributed by atoms with Crippen molar-refractivity contribution >= 4 is 46.6 Å². The molecule has 10 heteroatoms. The Labute approximate surface area is 194 Å². The highest BCUT2D eigenvalue weighted by atomic mass is 35.5. The van der Waals surface area contributed by atoms with Crippen molar-refractivity contribution in [2.45, 2.75) is 37.6 Å². The number of H-pyrrole nitrogens is 1. The van der Waals surface area contributed by atoms with Crippen molar-refractivity contribution in [2.24, 2.45) is 0 Å². The van der Waals surface area contributed by atoms with E-state index in [2.05, 4.69) is 25.8 Å². The van der Waals surface area contributed by atoms with E-state index in [-0.39, 0.29) is 22.7 Å². The molecule has 2 amide bonds. The highest BCUT2D eigenvalue weighted by molar-refractivity contribution is 8.00. The van der Waals surface area contributed by atoms with Gasteiger partial charge in [0, 0.05) is 22.7 Å². The second-order valence-corrected chi connectivity index (χ2v) is 8.73. The topological polar surface area (TPSA) is 117 Å². The number of thioether (sulfide) groups is 1. The third-order valence-corrected chi connectivity index (χ3v) is 5.78. The molecule has 166 valence electrons. The van der Waals surface area contributed by atoms with Crippen molar-refractivity contribution in [3.05, 3.63) is 63.4 Å². The summed E-state index contributed by atoms with van der Waals surface area (Å²) < 4.78 is 0. The number of aromatic nitrogens is 3. The van der Waals surface area contributed by atoms with Gasteiger partial charge in [-0.2, -0.15) is 0 Å². The highest BCUT2D eigenvalue weighted by Gasteiger charge is 2.19. The van der Waals surface area contributed by atoms with Crippen molar-refractivity contribution in [1.29, 1.82) is 0 Å². The van der Waals surface area contributed by atoms with Gasteiger partial charge in [0.1, 0.15) is 0 Å². The number of para-hydroxylation sites is 1. The Morgan fingerprint density at radius 3 is 2.59 bits per heavy atom. The molecule has 0 saturated heterocycles. The maximum Gasteiger partial charge on any atom is 0.278 e. The van der Waals surface area contributed by atoms with Gasteiger partial charge in [0.2, 0.25) is 11.8 Å². The number of halogens is 1. The van der Waals surface area contributed by atoms with E-state index < -0.39 is 10.8 Å². The minimum atomic E-state index is -0.555. The predicted octanol–water partition coefficient (Wildman–Crippen LogP) is 4.26. The van der Waals surface area contributed by atoms with Gasteiger partial charge in [0.15, 0.2) is 10.9 Å². The first-order valence-corrected chi connectivity index (χ1v) is 11.1. The monoisotopic (exact) mass is 471 g/mol. The van der Waals surface area contributed by atoms with E-state index in [1.165, 1.54) is 0 Å². The fourth-order valence-corrected chi connectivity index (χ4v) is 3.69. The Morgan fingerprint density at radius 1 is 1.12 bits per heavy atom. The molecule has 1 aromatic heterocycles. The van der Waals surface area contributed by atoms with Crippen molar-refractivity contribution in [3.8, 4) is 11.3 Å². The van der Waals surface area contributed by atoms with Crippen molar-refractivity contribution in [2.75, 3.05) is 10.6 Å². The molecule has 0 fully saturated rings. The van der Waals surface area contributed by atoms with Crippen LogP contribution >= 0.6 is 23.4 Å². The van der Waals surface area contributed by atoms with Crippen molar-refractivity contribution < 1.29 is 9.59 Å². The summed E-state index contributed by atoms with van der Waals surface area (Å²) >= 11 is 7.08. The van der Waals surface area contributed by atoms with Gasteiger partial charge in [-0.05, 0) is 37.6 Å². The molecule has 1 atom stereocenters. The van der Waals surface area contributed by atoms with Gasteiger partial charge in [-0.1, -0.05) is 54.6 Å². The van der Waals surface area contributed by atoms with E-state index in [1.807, 2.05) is 13.0 Å². The minimum absolute atomic E-state index is 0.0769. The molecule has 0 unspecified atom stereocenters. The molecule has 8 nitrogen and oxygen atoms in total. The molecule has 3 aromatic rings. The van der Waals surface area contributed by atoms with Crippen LogP contribution in [0.4, 0.5) is 11.4 Å². The number of anilines is 2. The number of nitrogens with zero attached hydrogens (tertiary/aromatic N) is 2. The molecule has 3 N–H and O–H groups in total. The number of rotatable bonds is 7. The van der Waals surface area contributed by atoms with Crippen molar-refractivity contribution in [3.63, 3.8) is 0 Å². The number of amides is 2. The second-order valence-electron chi connectivity index (χ2n) is 6.96. The molecule has 0 aliphatic rings. The molecule has 0 bridgehead atoms. The Morgan fingerprint density at radius 2 is 1.88 bits per heavy atom. The van der Waals surface area contributed by atoms with Crippen LogP contribution in [0.3, 0.4) is 0 Å². The smallest absolute Gasteiger partial charge is 0.278 e. The first-order valence-electron chi connectivity index (χ1n) is 9.88. The lowest BCUT2D eigenvalue weighted by Crippen LogP contribution is -2.24. The zero-order chi connectivity index (χ0) is 23.3. The van der Waals surface area contributed by atoms with Gasteiger partial charge >= 0.3 is 0 Å². The number of hydrogen-bond donors (Lipinski definition) is 3. The van der Waals surface area contributed by atoms with E-state index in [1.54, 1.807) is 50.2 Å². The fourth-order valence-electron chi connectivity index (χ4n) is 2.77. The third-order valence-electron chi connectivity index (χ3n) is 4.57. The largest absolute Gasteiger partial charge is 0.325 e. The molecule has 0 aliphatic carbocycles. The molecule has 1 heterocycles. The third kappa shape index (κ3) is 5.74. The molecule has 32 heavy (non-hydrogen) atoms. The SMILES string of the molecule is CCC(=O)Nc1ccccc1-c1nnc(S[C@H](C)C(=O)Nc2cc(Cl)ccc2C)[nH]c1=O. The lowest BCUT2D eigenvalue weighted by atomic mass is 10.1. The van der Waals surface area contributed by atoms with Crippen LogP contribution in [0.15, 0.2) is 52.4 Å². The van der Waals surface area contributed by atoms with E-state index in [0.717, 1.165) is 17.3 Å². The normalized spacial score (nSPS) is 11.6. The molecule has 3 rings (SSSR count). The summed E-state index contributed by atoms with van der Waals surface area (Å²) in [4.78, 5) is 39.7. The zero-order valence-electron chi connectivity index (χ0n) is 17.7. The highest BCUT2D eigenvalue weighted by Crippen LogP contribution is 2.26. The summed E-state index contributed by atoms with van der Waals surface area (Å²) in [7, 11) is 0. The van der Waals surface area contributed by atoms with Gasteiger partial charge < -0.3 is 10.6 Å². The van der Waals surface area contributed by atoms with E-state index in [9.17, 15) is 14.4 Å². The average molecular weight is 472 g/mol. The molecule has 0 radical (unpaired) electrons. The second kappa shape index (κ2) is 10.4. The van der Waals surface area contributed by atoms with Crippen LogP contribution in [0.25, 0.3) is 11.3 Å². The summed E-state index contributed by atoms with van der Waals surface area (Å²) in [5.74, 6) is -0.441. The molecule has 0 spiro atoms. The van der Waals surface area contributed by atoms with Crippen LogP contribution in [0, 0.1) is 6.92 Å². The first kappa shape index (κ1) is 23.5. The summed E-state index contributed by atoms with van der Waals surface area (Å²) in [6.07, 6.45) is 0.306. The summed E-state index contributed by atoms with van der Waals surface area (Å²) in [5, 5.41) is 13.9. The van der Waals surface area contributed by atoms with Crippen LogP contribution in [0.1, 0.15) is 25.8 Å². The van der Waals surface area contributed by atoms with Crippen LogP contribution in [-0.4, -0.2) is 32.2 Å². The lowest BCUT2D eigenvalue weighted by molar-refractivity contribution is -0.116. The van der Waals surface area contributed by atoms with Crippen LogP contribution in [-0.2, 0) is 9.59 Å². The van der Waals surface area contributed by atoms with Crippen molar-refractivity contribution in [1.82, 2.24) is 15.2 Å². The van der Waals surface area contributed by atoms with Gasteiger partial charge in [-0.3, -0.25) is 19.4 Å². The van der Waals surface area contributed by atoms with E-state index in [4.69, 9.17) is 11.6 Å². The lowest BCUT2D eigenvalue weighted by Gasteiger charge is -2.13. The van der Waals surface area contributed by atoms with Crippen LogP contribution in [0.5, 0.6) is 0 Å². The predicted molar refractivity (Wildman–Crippen MR) is 127 cm³/mol. The average Bonchev–Trinajstić information content (AvgIpc) is 2.77. The summed E-state index contributed by atoms with van der Waals surface area (Å²) in [6, 6.07) is 12.1. The summed E-state index contributed by atoms with van der Waals surface area (Å²) in [5.41, 5.74) is 2.04. The number of nitrogens with one attached hydrogen (secondary N) is 3. The molecular formula is C22H22ClN5O3S. The number of benzene rings is 2. The standard InChI is InChI=1S/C22H22ClN5O3S/c1-4-18(29)24-16-8-6-5-7-15(16)19-21(31)26-22(28-27-19)32-13(3)20(30)25-17-11-14(23)10-9-12(17)2/h5-11,13H,4H2,1-3H3,(H,24,29)(H,25,30)(H,26,28,31)/t13-/m1/s1. The zero-order valence-corrected chi connectivity index (χ0v) is 19.3. The van der Waals surface area contributed by atoms with Crippen LogP contribution < -0.4 is 16.2 Å².